The first kappa shape index (κ1) is 18.4. The van der Waals surface area contributed by atoms with Crippen LogP contribution in [-0.2, 0) is 13.1 Å². The van der Waals surface area contributed by atoms with E-state index in [1.165, 1.54) is 0 Å². The second-order valence-corrected chi connectivity index (χ2v) is 7.29. The summed E-state index contributed by atoms with van der Waals surface area (Å²) in [5.74, 6) is 1.27. The van der Waals surface area contributed by atoms with Crippen LogP contribution in [0.2, 0.25) is 0 Å². The second-order valence-electron chi connectivity index (χ2n) is 7.29. The first-order valence-corrected chi connectivity index (χ1v) is 9.67. The van der Waals surface area contributed by atoms with Crippen molar-refractivity contribution in [3.8, 4) is 11.3 Å². The minimum atomic E-state index is -0.0447. The third kappa shape index (κ3) is 4.48. The van der Waals surface area contributed by atoms with E-state index >= 15 is 0 Å². The van der Waals surface area contributed by atoms with Crippen molar-refractivity contribution in [2.75, 3.05) is 13.1 Å². The normalized spacial score (nSPS) is 15.6. The highest BCUT2D eigenvalue weighted by atomic mass is 16.1. The molecule has 7 nitrogen and oxygen atoms in total. The first-order chi connectivity index (χ1) is 13.7. The number of aromatic nitrogens is 5. The standard InChI is InChI=1S/C21H24N6O/c1-16-23-11-6-19(24-16)15-26-12-7-17(8-13-26)14-27-21(28)3-2-20(25-27)18-4-9-22-10-5-18/h2-6,9-11,17H,7-8,12-15H2,1H3. The number of aryl methyl sites for hydroxylation is 1. The lowest BCUT2D eigenvalue weighted by atomic mass is 9.96. The first-order valence-electron chi connectivity index (χ1n) is 9.67. The minimum Gasteiger partial charge on any atom is -0.297 e. The summed E-state index contributed by atoms with van der Waals surface area (Å²) in [4.78, 5) is 27.4. The Morgan fingerprint density at radius 1 is 1.04 bits per heavy atom. The average molecular weight is 376 g/mol. The lowest BCUT2D eigenvalue weighted by molar-refractivity contribution is 0.162. The van der Waals surface area contributed by atoms with Crippen molar-refractivity contribution in [2.24, 2.45) is 5.92 Å². The van der Waals surface area contributed by atoms with Crippen molar-refractivity contribution in [3.63, 3.8) is 0 Å². The van der Waals surface area contributed by atoms with E-state index in [1.54, 1.807) is 29.2 Å². The van der Waals surface area contributed by atoms with E-state index in [0.29, 0.717) is 12.5 Å². The van der Waals surface area contributed by atoms with E-state index in [4.69, 9.17) is 0 Å². The second kappa shape index (κ2) is 8.39. The number of rotatable bonds is 5. The van der Waals surface area contributed by atoms with E-state index in [-0.39, 0.29) is 5.56 Å². The van der Waals surface area contributed by atoms with Gasteiger partial charge in [-0.3, -0.25) is 14.7 Å². The molecule has 1 fully saturated rings. The quantitative estimate of drug-likeness (QED) is 0.680. The lowest BCUT2D eigenvalue weighted by Gasteiger charge is -2.31. The van der Waals surface area contributed by atoms with Gasteiger partial charge in [0.05, 0.1) is 11.4 Å². The molecule has 0 aromatic carbocycles. The molecule has 4 heterocycles. The number of nitrogens with zero attached hydrogens (tertiary/aromatic N) is 6. The summed E-state index contributed by atoms with van der Waals surface area (Å²) in [6.07, 6.45) is 7.40. The Bertz CT molecular complexity index is 979. The molecular formula is C21H24N6O. The van der Waals surface area contributed by atoms with Crippen LogP contribution in [0.25, 0.3) is 11.3 Å². The fraction of sp³-hybridized carbons (Fsp3) is 0.381. The topological polar surface area (TPSA) is 76.8 Å². The summed E-state index contributed by atoms with van der Waals surface area (Å²) in [5, 5.41) is 4.58. The molecule has 0 aliphatic carbocycles. The highest BCUT2D eigenvalue weighted by Crippen LogP contribution is 2.20. The molecule has 28 heavy (non-hydrogen) atoms. The molecule has 1 saturated heterocycles. The van der Waals surface area contributed by atoms with E-state index in [1.807, 2.05) is 31.3 Å². The van der Waals surface area contributed by atoms with Gasteiger partial charge in [0.25, 0.3) is 5.56 Å². The predicted octanol–water partition coefficient (Wildman–Crippen LogP) is 2.32. The molecule has 0 unspecified atom stereocenters. The Hall–Kier alpha value is -2.93. The molecule has 3 aromatic rings. The van der Waals surface area contributed by atoms with Gasteiger partial charge in [-0.25, -0.2) is 14.6 Å². The summed E-state index contributed by atoms with van der Waals surface area (Å²) >= 11 is 0. The molecule has 0 N–H and O–H groups in total. The average Bonchev–Trinajstić information content (AvgIpc) is 2.72. The van der Waals surface area contributed by atoms with Crippen molar-refractivity contribution >= 4 is 0 Å². The highest BCUT2D eigenvalue weighted by Gasteiger charge is 2.21. The Labute approximate surface area is 164 Å². The number of hydrogen-bond acceptors (Lipinski definition) is 6. The molecule has 0 radical (unpaired) electrons. The maximum atomic E-state index is 12.3. The number of piperidine rings is 1. The Morgan fingerprint density at radius 2 is 1.82 bits per heavy atom. The molecule has 1 aliphatic rings. The van der Waals surface area contributed by atoms with Gasteiger partial charge in [0, 0.05) is 43.3 Å². The maximum absolute atomic E-state index is 12.3. The zero-order chi connectivity index (χ0) is 19.3. The maximum Gasteiger partial charge on any atom is 0.266 e. The fourth-order valence-electron chi connectivity index (χ4n) is 3.65. The van der Waals surface area contributed by atoms with Crippen molar-refractivity contribution < 1.29 is 0 Å². The largest absolute Gasteiger partial charge is 0.297 e. The van der Waals surface area contributed by atoms with Crippen LogP contribution in [0.5, 0.6) is 0 Å². The minimum absolute atomic E-state index is 0.0447. The number of hydrogen-bond donors (Lipinski definition) is 0. The van der Waals surface area contributed by atoms with Crippen LogP contribution in [-0.4, -0.2) is 42.7 Å². The van der Waals surface area contributed by atoms with Crippen LogP contribution in [0.1, 0.15) is 24.4 Å². The van der Waals surface area contributed by atoms with Gasteiger partial charge in [0.1, 0.15) is 5.82 Å². The van der Waals surface area contributed by atoms with Crippen molar-refractivity contribution in [2.45, 2.75) is 32.9 Å². The van der Waals surface area contributed by atoms with E-state index in [2.05, 4.69) is 25.0 Å². The summed E-state index contributed by atoms with van der Waals surface area (Å²) in [6.45, 7) is 5.45. The molecule has 0 spiro atoms. The monoisotopic (exact) mass is 376 g/mol. The molecule has 144 valence electrons. The molecule has 0 atom stereocenters. The third-order valence-electron chi connectivity index (χ3n) is 5.20. The molecular weight excluding hydrogens is 352 g/mol. The molecule has 4 rings (SSSR count). The zero-order valence-electron chi connectivity index (χ0n) is 16.0. The third-order valence-corrected chi connectivity index (χ3v) is 5.20. The van der Waals surface area contributed by atoms with Crippen LogP contribution >= 0.6 is 0 Å². The summed E-state index contributed by atoms with van der Waals surface area (Å²) < 4.78 is 1.61. The molecule has 7 heteroatoms. The van der Waals surface area contributed by atoms with Crippen LogP contribution in [0.4, 0.5) is 0 Å². The fourth-order valence-corrected chi connectivity index (χ4v) is 3.65. The van der Waals surface area contributed by atoms with Gasteiger partial charge in [-0.2, -0.15) is 5.10 Å². The molecule has 0 saturated carbocycles. The van der Waals surface area contributed by atoms with Crippen LogP contribution in [0, 0.1) is 12.8 Å². The molecule has 3 aromatic heterocycles. The Kier molecular flexibility index (Phi) is 5.53. The van der Waals surface area contributed by atoms with E-state index in [9.17, 15) is 4.79 Å². The van der Waals surface area contributed by atoms with E-state index in [0.717, 1.165) is 55.3 Å². The van der Waals surface area contributed by atoms with Gasteiger partial charge in [0.15, 0.2) is 0 Å². The Morgan fingerprint density at radius 3 is 2.57 bits per heavy atom. The van der Waals surface area contributed by atoms with Gasteiger partial charge in [-0.15, -0.1) is 0 Å². The summed E-state index contributed by atoms with van der Waals surface area (Å²) in [5.41, 5.74) is 2.79. The van der Waals surface area contributed by atoms with Gasteiger partial charge >= 0.3 is 0 Å². The van der Waals surface area contributed by atoms with Crippen molar-refractivity contribution in [3.05, 3.63) is 70.8 Å². The summed E-state index contributed by atoms with van der Waals surface area (Å²) in [6, 6.07) is 9.18. The van der Waals surface area contributed by atoms with Crippen LogP contribution in [0.3, 0.4) is 0 Å². The van der Waals surface area contributed by atoms with Crippen molar-refractivity contribution in [1.82, 2.24) is 29.6 Å². The molecule has 0 amide bonds. The number of pyridine rings is 1. The van der Waals surface area contributed by atoms with Crippen LogP contribution < -0.4 is 5.56 Å². The van der Waals surface area contributed by atoms with Gasteiger partial charge < -0.3 is 0 Å². The van der Waals surface area contributed by atoms with E-state index < -0.39 is 0 Å². The smallest absolute Gasteiger partial charge is 0.266 e. The molecule has 1 aliphatic heterocycles. The van der Waals surface area contributed by atoms with Crippen molar-refractivity contribution in [1.29, 1.82) is 0 Å². The Balaban J connectivity index is 1.38. The number of likely N-dealkylation sites (tertiary alicyclic amines) is 1. The predicted molar refractivity (Wildman–Crippen MR) is 106 cm³/mol. The lowest BCUT2D eigenvalue weighted by Crippen LogP contribution is -2.36. The van der Waals surface area contributed by atoms with Gasteiger partial charge in [0.2, 0.25) is 0 Å². The molecule has 0 bridgehead atoms. The summed E-state index contributed by atoms with van der Waals surface area (Å²) in [7, 11) is 0. The zero-order valence-corrected chi connectivity index (χ0v) is 16.0. The van der Waals surface area contributed by atoms with Gasteiger partial charge in [-0.05, 0) is 63.0 Å². The van der Waals surface area contributed by atoms with Crippen LogP contribution in [0.15, 0.2) is 53.7 Å². The SMILES string of the molecule is Cc1nccc(CN2CCC(Cn3nc(-c4ccncc4)ccc3=O)CC2)n1. The van der Waals surface area contributed by atoms with Gasteiger partial charge in [-0.1, -0.05) is 0 Å². The highest BCUT2D eigenvalue weighted by molar-refractivity contribution is 5.56.